The van der Waals surface area contributed by atoms with Crippen molar-refractivity contribution in [2.24, 2.45) is 0 Å². The number of anilines is 1. The normalized spacial score (nSPS) is 18.1. The fourth-order valence-corrected chi connectivity index (χ4v) is 6.12. The number of hydrogen-bond acceptors (Lipinski definition) is 5. The van der Waals surface area contributed by atoms with Gasteiger partial charge in [-0.3, -0.25) is 4.90 Å². The number of carbonyl (C=O) groups excluding carboxylic acids is 1. The molecule has 0 aliphatic carbocycles. The molecule has 1 saturated heterocycles. The van der Waals surface area contributed by atoms with Gasteiger partial charge in [0.1, 0.15) is 17.3 Å². The third kappa shape index (κ3) is 4.47. The van der Waals surface area contributed by atoms with E-state index in [2.05, 4.69) is 33.4 Å². The number of methoxy groups -OCH3 is 2. The number of urea groups is 1. The van der Waals surface area contributed by atoms with Crippen LogP contribution in [0.25, 0.3) is 10.9 Å². The molecule has 3 heterocycles. The summed E-state index contributed by atoms with van der Waals surface area (Å²) in [5.41, 5.74) is 4.26. The molecular weight excluding hydrogens is 499 g/mol. The number of aliphatic hydroxyl groups is 1. The highest BCUT2D eigenvalue weighted by atomic mass is 19.1. The standard InChI is InChI=1S/C30H31FN4O4/c1-38-22-9-3-19(4-10-22)14-34-16-30(17-34)18-35(29(37)32-21-7-5-20(31)6-8-21)26(15-36)28-27(30)24-12-11-23(39-2)13-25(24)33-28/h3-13,26,33,36H,14-18H2,1-2H3,(H,32,37)/t26-/m1/s1. The van der Waals surface area contributed by atoms with Crippen LogP contribution in [0.2, 0.25) is 0 Å². The fraction of sp³-hybridized carbons (Fsp3) is 0.300. The first-order valence-electron chi connectivity index (χ1n) is 12.9. The van der Waals surface area contributed by atoms with Crippen LogP contribution in [-0.4, -0.2) is 66.4 Å². The molecule has 202 valence electrons. The van der Waals surface area contributed by atoms with E-state index in [0.29, 0.717) is 12.2 Å². The number of benzene rings is 3. The fourth-order valence-electron chi connectivity index (χ4n) is 6.12. The van der Waals surface area contributed by atoms with Crippen molar-refractivity contribution in [3.63, 3.8) is 0 Å². The molecular formula is C30H31FN4O4. The minimum Gasteiger partial charge on any atom is -0.497 e. The number of aromatic amines is 1. The number of likely N-dealkylation sites (tertiary alicyclic amines) is 1. The Morgan fingerprint density at radius 3 is 2.38 bits per heavy atom. The quantitative estimate of drug-likeness (QED) is 0.338. The maximum absolute atomic E-state index is 13.6. The van der Waals surface area contributed by atoms with Gasteiger partial charge in [0.25, 0.3) is 0 Å². The number of carbonyl (C=O) groups is 1. The zero-order valence-corrected chi connectivity index (χ0v) is 21.9. The third-order valence-corrected chi connectivity index (χ3v) is 7.89. The minimum atomic E-state index is -0.555. The largest absolute Gasteiger partial charge is 0.497 e. The molecule has 1 spiro atoms. The number of aromatic nitrogens is 1. The molecule has 3 aromatic carbocycles. The molecule has 2 aliphatic heterocycles. The van der Waals surface area contributed by atoms with Gasteiger partial charge < -0.3 is 29.8 Å². The van der Waals surface area contributed by atoms with E-state index in [1.54, 1.807) is 19.1 Å². The van der Waals surface area contributed by atoms with E-state index in [0.717, 1.165) is 53.3 Å². The molecule has 39 heavy (non-hydrogen) atoms. The Bertz CT molecular complexity index is 1500. The number of ether oxygens (including phenoxy) is 2. The van der Waals surface area contributed by atoms with E-state index in [4.69, 9.17) is 9.47 Å². The SMILES string of the molecule is COc1ccc(CN2CC3(C2)CN(C(=O)Nc2ccc(F)cc2)[C@H](CO)c2[nH]c4cc(OC)ccc4c23)cc1. The van der Waals surface area contributed by atoms with Crippen molar-refractivity contribution in [2.75, 3.05) is 45.8 Å². The predicted octanol–water partition coefficient (Wildman–Crippen LogP) is 4.66. The summed E-state index contributed by atoms with van der Waals surface area (Å²) in [5, 5.41) is 14.5. The summed E-state index contributed by atoms with van der Waals surface area (Å²) in [6.07, 6.45) is 0. The Labute approximate surface area is 225 Å². The summed E-state index contributed by atoms with van der Waals surface area (Å²) < 4.78 is 24.2. The molecule has 2 amide bonds. The molecule has 1 fully saturated rings. The van der Waals surface area contributed by atoms with Gasteiger partial charge in [-0.15, -0.1) is 0 Å². The van der Waals surface area contributed by atoms with Gasteiger partial charge in [0, 0.05) is 59.9 Å². The van der Waals surface area contributed by atoms with E-state index < -0.39 is 6.04 Å². The third-order valence-electron chi connectivity index (χ3n) is 7.89. The highest BCUT2D eigenvalue weighted by molar-refractivity contribution is 5.92. The topological polar surface area (TPSA) is 90.1 Å². The summed E-state index contributed by atoms with van der Waals surface area (Å²) in [6.45, 7) is 2.49. The predicted molar refractivity (Wildman–Crippen MR) is 147 cm³/mol. The van der Waals surface area contributed by atoms with Crippen LogP contribution >= 0.6 is 0 Å². The highest BCUT2D eigenvalue weighted by Crippen LogP contribution is 2.49. The lowest BCUT2D eigenvalue weighted by Crippen LogP contribution is -2.66. The first-order chi connectivity index (χ1) is 18.9. The number of nitrogens with zero attached hydrogens (tertiary/aromatic N) is 2. The van der Waals surface area contributed by atoms with Crippen LogP contribution in [0.5, 0.6) is 11.5 Å². The van der Waals surface area contributed by atoms with Crippen LogP contribution in [-0.2, 0) is 12.0 Å². The molecule has 1 aromatic heterocycles. The van der Waals surface area contributed by atoms with Gasteiger partial charge in [-0.1, -0.05) is 12.1 Å². The Kier molecular flexibility index (Phi) is 6.40. The number of aliphatic hydroxyl groups excluding tert-OH is 1. The monoisotopic (exact) mass is 530 g/mol. The molecule has 8 nitrogen and oxygen atoms in total. The number of hydrogen-bond donors (Lipinski definition) is 3. The maximum Gasteiger partial charge on any atom is 0.322 e. The first kappa shape index (κ1) is 25.2. The molecule has 0 unspecified atom stereocenters. The van der Waals surface area contributed by atoms with Crippen molar-refractivity contribution in [2.45, 2.75) is 18.0 Å². The molecule has 1 atom stereocenters. The first-order valence-corrected chi connectivity index (χ1v) is 12.9. The van der Waals surface area contributed by atoms with Gasteiger partial charge in [-0.25, -0.2) is 9.18 Å². The Morgan fingerprint density at radius 1 is 1.03 bits per heavy atom. The lowest BCUT2D eigenvalue weighted by atomic mass is 9.68. The van der Waals surface area contributed by atoms with E-state index >= 15 is 0 Å². The van der Waals surface area contributed by atoms with Gasteiger partial charge in [0.15, 0.2) is 0 Å². The second-order valence-electron chi connectivity index (χ2n) is 10.4. The van der Waals surface area contributed by atoms with Crippen molar-refractivity contribution in [3.05, 3.63) is 89.4 Å². The Balaban J connectivity index is 1.34. The van der Waals surface area contributed by atoms with E-state index in [9.17, 15) is 14.3 Å². The molecule has 6 rings (SSSR count). The Hall–Kier alpha value is -4.08. The molecule has 9 heteroatoms. The zero-order valence-electron chi connectivity index (χ0n) is 21.9. The molecule has 3 N–H and O–H groups in total. The number of H-pyrrole nitrogens is 1. The zero-order chi connectivity index (χ0) is 27.1. The van der Waals surface area contributed by atoms with E-state index in [1.807, 2.05) is 24.3 Å². The van der Waals surface area contributed by atoms with Gasteiger partial charge in [0.05, 0.1) is 26.9 Å². The summed E-state index contributed by atoms with van der Waals surface area (Å²) >= 11 is 0. The molecule has 0 bridgehead atoms. The lowest BCUT2D eigenvalue weighted by molar-refractivity contribution is 0.00856. The van der Waals surface area contributed by atoms with Crippen LogP contribution in [0.15, 0.2) is 66.7 Å². The van der Waals surface area contributed by atoms with Crippen molar-refractivity contribution < 1.29 is 23.8 Å². The van der Waals surface area contributed by atoms with E-state index in [1.165, 1.54) is 29.8 Å². The number of nitrogens with one attached hydrogen (secondary N) is 2. The van der Waals surface area contributed by atoms with Crippen molar-refractivity contribution in [1.29, 1.82) is 0 Å². The second kappa shape index (κ2) is 9.91. The number of halogens is 1. The highest BCUT2D eigenvalue weighted by Gasteiger charge is 2.53. The van der Waals surface area contributed by atoms with Crippen LogP contribution < -0.4 is 14.8 Å². The van der Waals surface area contributed by atoms with Crippen molar-refractivity contribution in [1.82, 2.24) is 14.8 Å². The van der Waals surface area contributed by atoms with Crippen LogP contribution in [0.1, 0.15) is 22.9 Å². The number of amides is 2. The van der Waals surface area contributed by atoms with Crippen LogP contribution in [0, 0.1) is 5.82 Å². The summed E-state index contributed by atoms with van der Waals surface area (Å²) in [7, 11) is 3.29. The minimum absolute atomic E-state index is 0.237. The van der Waals surface area contributed by atoms with Gasteiger partial charge in [0.2, 0.25) is 0 Å². The summed E-state index contributed by atoms with van der Waals surface area (Å²) in [4.78, 5) is 21.1. The Morgan fingerprint density at radius 2 is 1.72 bits per heavy atom. The average Bonchev–Trinajstić information content (AvgIpc) is 3.32. The van der Waals surface area contributed by atoms with Crippen molar-refractivity contribution >= 4 is 22.6 Å². The molecule has 4 aromatic rings. The van der Waals surface area contributed by atoms with Gasteiger partial charge in [-0.2, -0.15) is 0 Å². The second-order valence-corrected chi connectivity index (χ2v) is 10.4. The summed E-state index contributed by atoms with van der Waals surface area (Å²) in [6, 6.07) is 18.8. The smallest absolute Gasteiger partial charge is 0.322 e. The molecule has 0 saturated carbocycles. The van der Waals surface area contributed by atoms with Gasteiger partial charge >= 0.3 is 6.03 Å². The summed E-state index contributed by atoms with van der Waals surface area (Å²) in [5.74, 6) is 1.18. The number of fused-ring (bicyclic) bond motifs is 4. The average molecular weight is 531 g/mol. The molecule has 0 radical (unpaired) electrons. The van der Waals surface area contributed by atoms with Crippen molar-refractivity contribution in [3.8, 4) is 11.5 Å². The van der Waals surface area contributed by atoms with E-state index in [-0.39, 0.29) is 23.9 Å². The molecule has 2 aliphatic rings. The lowest BCUT2D eigenvalue weighted by Gasteiger charge is -2.56. The number of rotatable bonds is 6. The maximum atomic E-state index is 13.6. The van der Waals surface area contributed by atoms with Crippen LogP contribution in [0.3, 0.4) is 0 Å². The van der Waals surface area contributed by atoms with Gasteiger partial charge in [-0.05, 0) is 59.7 Å². The van der Waals surface area contributed by atoms with Crippen LogP contribution in [0.4, 0.5) is 14.9 Å².